The lowest BCUT2D eigenvalue weighted by Gasteiger charge is -2.30. The van der Waals surface area contributed by atoms with Gasteiger partial charge in [0.05, 0.1) is 0 Å². The minimum Gasteiger partial charge on any atom is -0.384 e. The van der Waals surface area contributed by atoms with Crippen molar-refractivity contribution < 1.29 is 0 Å². The number of nitrogens with one attached hydrogen (secondary N) is 1. The van der Waals surface area contributed by atoms with Gasteiger partial charge in [0, 0.05) is 29.2 Å². The number of piperidine rings is 1. The molecule has 20 heavy (non-hydrogen) atoms. The predicted molar refractivity (Wildman–Crippen MR) is 88.5 cm³/mol. The van der Waals surface area contributed by atoms with Gasteiger partial charge < -0.3 is 10.2 Å². The van der Waals surface area contributed by atoms with Gasteiger partial charge in [0.1, 0.15) is 0 Å². The molecule has 1 aliphatic heterocycles. The van der Waals surface area contributed by atoms with Crippen LogP contribution in [0, 0.1) is 5.92 Å². The van der Waals surface area contributed by atoms with Gasteiger partial charge in [0.15, 0.2) is 0 Å². The number of thiophene rings is 1. The number of benzene rings is 1. The summed E-state index contributed by atoms with van der Waals surface area (Å²) in [5, 5.41) is 5.81. The molecule has 0 amide bonds. The highest BCUT2D eigenvalue weighted by atomic mass is 32.1. The lowest BCUT2D eigenvalue weighted by molar-refractivity contribution is 0.217. The summed E-state index contributed by atoms with van der Waals surface area (Å²) in [5.41, 5.74) is 2.59. The third-order valence-corrected chi connectivity index (χ3v) is 4.92. The minimum atomic E-state index is 0.769. The maximum absolute atomic E-state index is 3.67. The van der Waals surface area contributed by atoms with Gasteiger partial charge in [-0.3, -0.25) is 0 Å². The number of nitrogens with zero attached hydrogens (tertiary/aromatic N) is 1. The molecule has 0 saturated carbocycles. The smallest absolute Gasteiger partial charge is 0.0428 e. The van der Waals surface area contributed by atoms with Crippen molar-refractivity contribution in [2.45, 2.75) is 12.8 Å². The summed E-state index contributed by atoms with van der Waals surface area (Å²) in [5.74, 6) is 0.769. The number of para-hydroxylation sites is 1. The fourth-order valence-corrected chi connectivity index (χ4v) is 3.74. The molecule has 2 heterocycles. The van der Waals surface area contributed by atoms with Gasteiger partial charge in [-0.05, 0) is 49.9 Å². The van der Waals surface area contributed by atoms with Gasteiger partial charge in [0.2, 0.25) is 0 Å². The van der Waals surface area contributed by atoms with Gasteiger partial charge in [-0.2, -0.15) is 0 Å². The average molecular weight is 286 g/mol. The second-order valence-corrected chi connectivity index (χ2v) is 6.62. The molecule has 0 spiro atoms. The highest BCUT2D eigenvalue weighted by Crippen LogP contribution is 2.31. The molecule has 0 aliphatic carbocycles. The summed E-state index contributed by atoms with van der Waals surface area (Å²) in [7, 11) is 2.23. The van der Waals surface area contributed by atoms with Gasteiger partial charge in [-0.15, -0.1) is 11.3 Å². The fourth-order valence-electron chi connectivity index (χ4n) is 2.98. The van der Waals surface area contributed by atoms with Crippen molar-refractivity contribution in [2.24, 2.45) is 5.92 Å². The zero-order chi connectivity index (χ0) is 13.8. The summed E-state index contributed by atoms with van der Waals surface area (Å²) >= 11 is 1.80. The Labute approximate surface area is 125 Å². The minimum absolute atomic E-state index is 0.769. The Morgan fingerprint density at radius 2 is 2.15 bits per heavy atom. The fraction of sp³-hybridized carbons (Fsp3) is 0.412. The van der Waals surface area contributed by atoms with Gasteiger partial charge in [-0.25, -0.2) is 0 Å². The molecule has 1 aromatic heterocycles. The zero-order valence-electron chi connectivity index (χ0n) is 12.0. The van der Waals surface area contributed by atoms with Crippen LogP contribution in [0.25, 0.3) is 10.4 Å². The molecule has 1 unspecified atom stereocenters. The molecule has 1 atom stereocenters. The van der Waals surface area contributed by atoms with Crippen LogP contribution in [0.3, 0.4) is 0 Å². The van der Waals surface area contributed by atoms with Crippen LogP contribution in [-0.2, 0) is 0 Å². The lowest BCUT2D eigenvalue weighted by Crippen LogP contribution is -2.35. The number of likely N-dealkylation sites (tertiary alicyclic amines) is 1. The first-order valence-corrected chi connectivity index (χ1v) is 8.26. The molecular weight excluding hydrogens is 264 g/mol. The van der Waals surface area contributed by atoms with Crippen LogP contribution in [-0.4, -0.2) is 31.6 Å². The molecule has 1 N–H and O–H groups in total. The summed E-state index contributed by atoms with van der Waals surface area (Å²) in [4.78, 5) is 3.79. The van der Waals surface area contributed by atoms with E-state index in [1.165, 1.54) is 42.1 Å². The van der Waals surface area contributed by atoms with Crippen LogP contribution in [0.4, 0.5) is 5.69 Å². The van der Waals surface area contributed by atoms with Crippen LogP contribution in [0.2, 0.25) is 0 Å². The summed E-state index contributed by atoms with van der Waals surface area (Å²) in [6, 6.07) is 13.0. The van der Waals surface area contributed by atoms with Crippen LogP contribution < -0.4 is 5.32 Å². The normalized spacial score (nSPS) is 19.9. The van der Waals surface area contributed by atoms with E-state index in [4.69, 9.17) is 0 Å². The Balaban J connectivity index is 1.68. The molecule has 106 valence electrons. The van der Waals surface area contributed by atoms with E-state index in [0.717, 1.165) is 12.5 Å². The Kier molecular flexibility index (Phi) is 4.38. The molecule has 2 nitrogen and oxygen atoms in total. The SMILES string of the molecule is CN1CCCC(CNc2ccccc2-c2cccs2)C1. The first-order chi connectivity index (χ1) is 9.83. The summed E-state index contributed by atoms with van der Waals surface area (Å²) in [6.45, 7) is 3.54. The van der Waals surface area contributed by atoms with Crippen molar-refractivity contribution in [2.75, 3.05) is 32.0 Å². The van der Waals surface area contributed by atoms with Gasteiger partial charge >= 0.3 is 0 Å². The van der Waals surface area contributed by atoms with E-state index in [1.807, 2.05) is 0 Å². The van der Waals surface area contributed by atoms with E-state index >= 15 is 0 Å². The van der Waals surface area contributed by atoms with E-state index in [0.29, 0.717) is 0 Å². The third-order valence-electron chi connectivity index (χ3n) is 4.02. The van der Waals surface area contributed by atoms with Crippen molar-refractivity contribution in [1.82, 2.24) is 4.90 Å². The summed E-state index contributed by atoms with van der Waals surface area (Å²) in [6.07, 6.45) is 2.67. The first-order valence-electron chi connectivity index (χ1n) is 7.38. The van der Waals surface area contributed by atoms with E-state index in [9.17, 15) is 0 Å². The van der Waals surface area contributed by atoms with Crippen LogP contribution in [0.5, 0.6) is 0 Å². The monoisotopic (exact) mass is 286 g/mol. The largest absolute Gasteiger partial charge is 0.384 e. The van der Waals surface area contributed by atoms with E-state index in [-0.39, 0.29) is 0 Å². The second-order valence-electron chi connectivity index (χ2n) is 5.67. The Morgan fingerprint density at radius 1 is 1.25 bits per heavy atom. The average Bonchev–Trinajstić information content (AvgIpc) is 3.00. The standard InChI is InChI=1S/C17H22N2S/c1-19-10-4-6-14(13-19)12-18-16-8-3-2-7-15(16)17-9-5-11-20-17/h2-3,5,7-9,11,14,18H,4,6,10,12-13H2,1H3. The van der Waals surface area contributed by atoms with Crippen molar-refractivity contribution in [3.8, 4) is 10.4 Å². The van der Waals surface area contributed by atoms with E-state index in [1.54, 1.807) is 11.3 Å². The molecular formula is C17H22N2S. The number of anilines is 1. The number of rotatable bonds is 4. The highest BCUT2D eigenvalue weighted by molar-refractivity contribution is 7.13. The molecule has 1 aliphatic rings. The number of hydrogen-bond acceptors (Lipinski definition) is 3. The van der Waals surface area contributed by atoms with E-state index in [2.05, 4.69) is 59.0 Å². The molecule has 1 aromatic carbocycles. The Morgan fingerprint density at radius 3 is 2.95 bits per heavy atom. The van der Waals surface area contributed by atoms with Crippen molar-refractivity contribution >= 4 is 17.0 Å². The quantitative estimate of drug-likeness (QED) is 0.907. The predicted octanol–water partition coefficient (Wildman–Crippen LogP) is 4.17. The molecule has 2 aromatic rings. The Hall–Kier alpha value is -1.32. The van der Waals surface area contributed by atoms with Crippen LogP contribution in [0.1, 0.15) is 12.8 Å². The van der Waals surface area contributed by atoms with Crippen molar-refractivity contribution in [3.63, 3.8) is 0 Å². The van der Waals surface area contributed by atoms with Crippen molar-refractivity contribution in [3.05, 3.63) is 41.8 Å². The molecule has 1 fully saturated rings. The summed E-state index contributed by atoms with van der Waals surface area (Å²) < 4.78 is 0. The second kappa shape index (κ2) is 6.42. The molecule has 1 saturated heterocycles. The van der Waals surface area contributed by atoms with Crippen LogP contribution >= 0.6 is 11.3 Å². The lowest BCUT2D eigenvalue weighted by atomic mass is 9.98. The van der Waals surface area contributed by atoms with Gasteiger partial charge in [0.25, 0.3) is 0 Å². The third kappa shape index (κ3) is 3.22. The van der Waals surface area contributed by atoms with Crippen LogP contribution in [0.15, 0.2) is 41.8 Å². The molecule has 0 bridgehead atoms. The molecule has 0 radical (unpaired) electrons. The topological polar surface area (TPSA) is 15.3 Å². The highest BCUT2D eigenvalue weighted by Gasteiger charge is 2.17. The number of hydrogen-bond donors (Lipinski definition) is 1. The van der Waals surface area contributed by atoms with E-state index < -0.39 is 0 Å². The Bertz CT molecular complexity index is 536. The van der Waals surface area contributed by atoms with Crippen molar-refractivity contribution in [1.29, 1.82) is 0 Å². The van der Waals surface area contributed by atoms with Gasteiger partial charge in [-0.1, -0.05) is 24.3 Å². The molecule has 3 heteroatoms. The molecule has 3 rings (SSSR count). The first kappa shape index (κ1) is 13.7. The maximum Gasteiger partial charge on any atom is 0.0428 e. The maximum atomic E-state index is 3.67. The zero-order valence-corrected chi connectivity index (χ0v) is 12.8.